The highest BCUT2D eigenvalue weighted by Crippen LogP contribution is 2.18. The summed E-state index contributed by atoms with van der Waals surface area (Å²) in [4.78, 5) is 0.176. The van der Waals surface area contributed by atoms with E-state index in [0.29, 0.717) is 5.69 Å². The third kappa shape index (κ3) is 2.62. The van der Waals surface area contributed by atoms with Crippen molar-refractivity contribution in [1.82, 2.24) is 9.78 Å². The lowest BCUT2D eigenvalue weighted by atomic mass is 10.2. The average Bonchev–Trinajstić information content (AvgIpc) is 2.97. The van der Waals surface area contributed by atoms with Gasteiger partial charge in [0.05, 0.1) is 10.6 Å². The van der Waals surface area contributed by atoms with Crippen LogP contribution in [-0.4, -0.2) is 18.2 Å². The van der Waals surface area contributed by atoms with Gasteiger partial charge < -0.3 is 0 Å². The van der Waals surface area contributed by atoms with Gasteiger partial charge in [0.1, 0.15) is 6.61 Å². The van der Waals surface area contributed by atoms with E-state index in [0.717, 1.165) is 30.6 Å². The number of hydrogen-bond acceptors (Lipinski definition) is 4. The summed E-state index contributed by atoms with van der Waals surface area (Å²) in [6, 6.07) is 8.52. The summed E-state index contributed by atoms with van der Waals surface area (Å²) in [5.74, 6) is 0. The molecule has 0 spiro atoms. The van der Waals surface area contributed by atoms with Crippen molar-refractivity contribution in [3.63, 3.8) is 0 Å². The van der Waals surface area contributed by atoms with Gasteiger partial charge in [0.2, 0.25) is 0 Å². The first-order valence-corrected chi connectivity index (χ1v) is 7.97. The summed E-state index contributed by atoms with van der Waals surface area (Å²) >= 11 is 0. The van der Waals surface area contributed by atoms with Crippen molar-refractivity contribution in [3.05, 3.63) is 47.3 Å². The highest BCUT2D eigenvalue weighted by atomic mass is 32.2. The van der Waals surface area contributed by atoms with E-state index in [-0.39, 0.29) is 11.5 Å². The van der Waals surface area contributed by atoms with E-state index in [2.05, 4.69) is 5.10 Å². The molecule has 0 N–H and O–H groups in total. The first kappa shape index (κ1) is 13.3. The Bertz CT molecular complexity index is 696. The molecule has 3 rings (SSSR count). The van der Waals surface area contributed by atoms with Gasteiger partial charge in [-0.25, -0.2) is 0 Å². The number of rotatable bonds is 4. The van der Waals surface area contributed by atoms with Gasteiger partial charge in [0.25, 0.3) is 10.1 Å². The van der Waals surface area contributed by atoms with Crippen LogP contribution in [0.3, 0.4) is 0 Å². The normalized spacial score (nSPS) is 14.4. The minimum Gasteiger partial charge on any atom is -0.269 e. The van der Waals surface area contributed by atoms with Gasteiger partial charge in [0, 0.05) is 12.2 Å². The minimum atomic E-state index is -3.72. The predicted molar refractivity (Wildman–Crippen MR) is 73.7 cm³/mol. The summed E-state index contributed by atoms with van der Waals surface area (Å²) in [6.45, 7) is 2.79. The molecule has 5 nitrogen and oxygen atoms in total. The highest BCUT2D eigenvalue weighted by molar-refractivity contribution is 7.86. The summed E-state index contributed by atoms with van der Waals surface area (Å²) in [5, 5.41) is 4.33. The number of hydrogen-bond donors (Lipinski definition) is 0. The second-order valence-electron chi connectivity index (χ2n) is 4.98. The zero-order valence-electron chi connectivity index (χ0n) is 11.2. The van der Waals surface area contributed by atoms with Gasteiger partial charge in [-0.3, -0.25) is 8.86 Å². The molecule has 20 heavy (non-hydrogen) atoms. The summed E-state index contributed by atoms with van der Waals surface area (Å²) < 4.78 is 31.1. The Morgan fingerprint density at radius 2 is 2.05 bits per heavy atom. The molecule has 0 atom stereocenters. The van der Waals surface area contributed by atoms with Gasteiger partial charge in [-0.1, -0.05) is 17.7 Å². The molecule has 0 radical (unpaired) electrons. The number of fused-ring (bicyclic) bond motifs is 1. The maximum Gasteiger partial charge on any atom is 0.297 e. The van der Waals surface area contributed by atoms with Gasteiger partial charge >= 0.3 is 0 Å². The average molecular weight is 292 g/mol. The number of aromatic nitrogens is 2. The molecule has 106 valence electrons. The van der Waals surface area contributed by atoms with Gasteiger partial charge in [-0.2, -0.15) is 13.5 Å². The summed E-state index contributed by atoms with van der Waals surface area (Å²) in [6.07, 6.45) is 2.10. The first-order valence-electron chi connectivity index (χ1n) is 6.56. The topological polar surface area (TPSA) is 61.2 Å². The monoisotopic (exact) mass is 292 g/mol. The Morgan fingerprint density at radius 1 is 1.30 bits per heavy atom. The van der Waals surface area contributed by atoms with Crippen molar-refractivity contribution in [2.75, 3.05) is 0 Å². The maximum atomic E-state index is 12.0. The second kappa shape index (κ2) is 5.03. The Balaban J connectivity index is 1.71. The summed E-state index contributed by atoms with van der Waals surface area (Å²) in [7, 11) is -3.72. The van der Waals surface area contributed by atoms with Crippen molar-refractivity contribution in [1.29, 1.82) is 0 Å². The Kier molecular flexibility index (Phi) is 3.35. The van der Waals surface area contributed by atoms with E-state index in [4.69, 9.17) is 4.18 Å². The molecule has 1 aromatic carbocycles. The Morgan fingerprint density at radius 3 is 2.75 bits per heavy atom. The van der Waals surface area contributed by atoms with E-state index in [1.807, 2.05) is 17.7 Å². The van der Waals surface area contributed by atoms with Crippen LogP contribution >= 0.6 is 0 Å². The van der Waals surface area contributed by atoms with Crippen molar-refractivity contribution < 1.29 is 12.6 Å². The summed E-state index contributed by atoms with van der Waals surface area (Å²) in [5.41, 5.74) is 2.82. The molecule has 0 saturated heterocycles. The molecule has 2 heterocycles. The second-order valence-corrected chi connectivity index (χ2v) is 6.60. The van der Waals surface area contributed by atoms with Gasteiger partial charge in [0.15, 0.2) is 0 Å². The van der Waals surface area contributed by atoms with Gasteiger partial charge in [-0.15, -0.1) is 0 Å². The smallest absolute Gasteiger partial charge is 0.269 e. The van der Waals surface area contributed by atoms with Crippen LogP contribution in [0.2, 0.25) is 0 Å². The molecule has 0 unspecified atom stereocenters. The van der Waals surface area contributed by atoms with E-state index in [9.17, 15) is 8.42 Å². The quantitative estimate of drug-likeness (QED) is 0.809. The van der Waals surface area contributed by atoms with Crippen molar-refractivity contribution in [2.24, 2.45) is 0 Å². The van der Waals surface area contributed by atoms with Crippen molar-refractivity contribution >= 4 is 10.1 Å². The third-order valence-corrected chi connectivity index (χ3v) is 4.67. The van der Waals surface area contributed by atoms with Gasteiger partial charge in [-0.05, 0) is 38.0 Å². The molecule has 0 bridgehead atoms. The fourth-order valence-electron chi connectivity index (χ4n) is 2.30. The molecular formula is C14H16N2O3S. The minimum absolute atomic E-state index is 0.0176. The fourth-order valence-corrected chi connectivity index (χ4v) is 3.18. The molecule has 0 saturated carbocycles. The molecule has 2 aromatic rings. The molecule has 0 fully saturated rings. The largest absolute Gasteiger partial charge is 0.297 e. The lowest BCUT2D eigenvalue weighted by Crippen LogP contribution is -2.07. The lowest BCUT2D eigenvalue weighted by molar-refractivity contribution is 0.302. The van der Waals surface area contributed by atoms with Crippen molar-refractivity contribution in [3.8, 4) is 0 Å². The first-order chi connectivity index (χ1) is 9.54. The van der Waals surface area contributed by atoms with Crippen LogP contribution in [-0.2, 0) is 33.9 Å². The SMILES string of the molecule is Cc1ccc(S(=O)(=O)OCc2cc3n(n2)CCC3)cc1. The molecule has 0 amide bonds. The maximum absolute atomic E-state index is 12.0. The van der Waals surface area contributed by atoms with Crippen LogP contribution < -0.4 is 0 Å². The molecule has 0 aliphatic carbocycles. The zero-order chi connectivity index (χ0) is 14.2. The predicted octanol–water partition coefficient (Wildman–Crippen LogP) is 2.04. The number of benzene rings is 1. The lowest BCUT2D eigenvalue weighted by Gasteiger charge is -2.04. The van der Waals surface area contributed by atoms with Crippen LogP contribution in [0.15, 0.2) is 35.2 Å². The fraction of sp³-hybridized carbons (Fsp3) is 0.357. The van der Waals surface area contributed by atoms with Crippen LogP contribution in [0.5, 0.6) is 0 Å². The number of aryl methyl sites for hydroxylation is 3. The van der Waals surface area contributed by atoms with E-state index >= 15 is 0 Å². The van der Waals surface area contributed by atoms with E-state index < -0.39 is 10.1 Å². The highest BCUT2D eigenvalue weighted by Gasteiger charge is 2.18. The van der Waals surface area contributed by atoms with Crippen LogP contribution in [0.25, 0.3) is 0 Å². The zero-order valence-corrected chi connectivity index (χ0v) is 12.1. The van der Waals surface area contributed by atoms with E-state index in [1.165, 1.54) is 0 Å². The van der Waals surface area contributed by atoms with Crippen LogP contribution in [0.1, 0.15) is 23.4 Å². The molecule has 1 aliphatic heterocycles. The standard InChI is InChI=1S/C14H16N2O3S/c1-11-4-6-14(7-5-11)20(17,18)19-10-12-9-13-3-2-8-16(13)15-12/h4-7,9H,2-3,8,10H2,1H3. The van der Waals surface area contributed by atoms with E-state index in [1.54, 1.807) is 24.3 Å². The Labute approximate surface area is 118 Å². The third-order valence-electron chi connectivity index (χ3n) is 3.39. The van der Waals surface area contributed by atoms with Crippen LogP contribution in [0.4, 0.5) is 0 Å². The van der Waals surface area contributed by atoms with Crippen LogP contribution in [0, 0.1) is 6.92 Å². The molecule has 6 heteroatoms. The number of nitrogens with zero attached hydrogens (tertiary/aromatic N) is 2. The molecule has 1 aliphatic rings. The van der Waals surface area contributed by atoms with Crippen molar-refractivity contribution in [2.45, 2.75) is 37.8 Å². The molecular weight excluding hydrogens is 276 g/mol. The Hall–Kier alpha value is -1.66. The molecule has 1 aromatic heterocycles.